The molecule has 0 aliphatic rings. The van der Waals surface area contributed by atoms with Crippen LogP contribution in [0.15, 0.2) is 24.4 Å². The highest BCUT2D eigenvalue weighted by Gasteiger charge is 2.06. The third-order valence-electron chi connectivity index (χ3n) is 3.52. The molecule has 1 aromatic carbocycles. The van der Waals surface area contributed by atoms with Crippen LogP contribution in [0, 0.1) is 13.8 Å². The maximum absolute atomic E-state index is 5.63. The predicted molar refractivity (Wildman–Crippen MR) is 74.4 cm³/mol. The molecule has 1 aromatic heterocycles. The van der Waals surface area contributed by atoms with Gasteiger partial charge in [0, 0.05) is 18.9 Å². The summed E-state index contributed by atoms with van der Waals surface area (Å²) in [5.74, 6) is 0.950. The first-order chi connectivity index (χ1) is 8.61. The summed E-state index contributed by atoms with van der Waals surface area (Å²) in [6.45, 7) is 4.81. The van der Waals surface area contributed by atoms with Crippen LogP contribution in [0.1, 0.15) is 28.2 Å². The lowest BCUT2D eigenvalue weighted by Gasteiger charge is -2.08. The fourth-order valence-corrected chi connectivity index (χ4v) is 2.24. The van der Waals surface area contributed by atoms with Gasteiger partial charge in [0.25, 0.3) is 0 Å². The molecule has 2 aromatic rings. The van der Waals surface area contributed by atoms with Gasteiger partial charge in [-0.25, -0.2) is 4.98 Å². The van der Waals surface area contributed by atoms with Crippen LogP contribution in [-0.2, 0) is 26.4 Å². The van der Waals surface area contributed by atoms with E-state index in [4.69, 9.17) is 5.73 Å². The zero-order valence-corrected chi connectivity index (χ0v) is 11.4. The third-order valence-corrected chi connectivity index (χ3v) is 3.52. The summed E-state index contributed by atoms with van der Waals surface area (Å²) in [5.41, 5.74) is 11.0. The Labute approximate surface area is 109 Å². The summed E-state index contributed by atoms with van der Waals surface area (Å²) < 4.78 is 2.10. The molecule has 0 unspecified atom stereocenters. The van der Waals surface area contributed by atoms with Crippen molar-refractivity contribution < 1.29 is 0 Å². The fourth-order valence-electron chi connectivity index (χ4n) is 2.24. The highest BCUT2D eigenvalue weighted by molar-refractivity contribution is 5.31. The van der Waals surface area contributed by atoms with Crippen molar-refractivity contribution in [3.8, 4) is 0 Å². The summed E-state index contributed by atoms with van der Waals surface area (Å²) in [5, 5.41) is 0. The van der Waals surface area contributed by atoms with Gasteiger partial charge in [-0.05, 0) is 37.8 Å². The number of benzene rings is 1. The van der Waals surface area contributed by atoms with Crippen LogP contribution < -0.4 is 5.73 Å². The van der Waals surface area contributed by atoms with Crippen LogP contribution in [0.25, 0.3) is 0 Å². The average Bonchev–Trinajstić information content (AvgIpc) is 2.71. The molecule has 0 fully saturated rings. The van der Waals surface area contributed by atoms with E-state index in [1.54, 1.807) is 0 Å². The number of nitrogens with two attached hydrogens (primary N) is 1. The van der Waals surface area contributed by atoms with Gasteiger partial charge in [0.1, 0.15) is 5.82 Å². The number of nitrogens with zero attached hydrogens (tertiary/aromatic N) is 2. The van der Waals surface area contributed by atoms with E-state index >= 15 is 0 Å². The van der Waals surface area contributed by atoms with Gasteiger partial charge in [0.2, 0.25) is 0 Å². The van der Waals surface area contributed by atoms with E-state index in [-0.39, 0.29) is 0 Å². The van der Waals surface area contributed by atoms with Crippen molar-refractivity contribution in [1.82, 2.24) is 9.55 Å². The second kappa shape index (κ2) is 5.36. The highest BCUT2D eigenvalue weighted by Crippen LogP contribution is 2.14. The SMILES string of the molecule is Cc1ccc(C)c(CCc2cnc(CN)n2C)c1. The standard InChI is InChI=1S/C15H21N3/c1-11-4-5-12(2)13(8-11)6-7-14-10-17-15(9-16)18(14)3/h4-5,8,10H,6-7,9,16H2,1-3H3. The molecule has 0 atom stereocenters. The van der Waals surface area contributed by atoms with Gasteiger partial charge in [-0.2, -0.15) is 0 Å². The minimum atomic E-state index is 0.500. The molecule has 0 spiro atoms. The van der Waals surface area contributed by atoms with Crippen molar-refractivity contribution in [2.45, 2.75) is 33.2 Å². The highest BCUT2D eigenvalue weighted by atomic mass is 15.1. The monoisotopic (exact) mass is 243 g/mol. The maximum Gasteiger partial charge on any atom is 0.122 e. The quantitative estimate of drug-likeness (QED) is 0.895. The summed E-state index contributed by atoms with van der Waals surface area (Å²) in [6, 6.07) is 6.63. The van der Waals surface area contributed by atoms with Crippen LogP contribution in [0.5, 0.6) is 0 Å². The first-order valence-electron chi connectivity index (χ1n) is 6.37. The molecule has 0 aliphatic heterocycles. The van der Waals surface area contributed by atoms with Crippen molar-refractivity contribution >= 4 is 0 Å². The zero-order chi connectivity index (χ0) is 13.1. The number of rotatable bonds is 4. The summed E-state index contributed by atoms with van der Waals surface area (Å²) >= 11 is 0. The van der Waals surface area contributed by atoms with Crippen molar-refractivity contribution in [1.29, 1.82) is 0 Å². The number of aryl methyl sites for hydroxylation is 4. The second-order valence-electron chi connectivity index (χ2n) is 4.86. The Bertz CT molecular complexity index is 541. The van der Waals surface area contributed by atoms with E-state index in [0.717, 1.165) is 18.7 Å². The molecule has 0 bridgehead atoms. The fraction of sp³-hybridized carbons (Fsp3) is 0.400. The van der Waals surface area contributed by atoms with E-state index in [1.807, 2.05) is 13.2 Å². The normalized spacial score (nSPS) is 10.9. The van der Waals surface area contributed by atoms with E-state index in [9.17, 15) is 0 Å². The van der Waals surface area contributed by atoms with Crippen molar-refractivity contribution in [3.05, 3.63) is 52.6 Å². The molecule has 2 N–H and O–H groups in total. The summed E-state index contributed by atoms with van der Waals surface area (Å²) in [6.07, 6.45) is 4.00. The van der Waals surface area contributed by atoms with E-state index in [0.29, 0.717) is 6.54 Å². The Hall–Kier alpha value is -1.61. The van der Waals surface area contributed by atoms with Crippen molar-refractivity contribution in [3.63, 3.8) is 0 Å². The molecular weight excluding hydrogens is 222 g/mol. The van der Waals surface area contributed by atoms with E-state index in [1.165, 1.54) is 22.4 Å². The van der Waals surface area contributed by atoms with Crippen LogP contribution in [-0.4, -0.2) is 9.55 Å². The van der Waals surface area contributed by atoms with Gasteiger partial charge in [0.05, 0.1) is 6.54 Å². The Morgan fingerprint density at radius 2 is 2.00 bits per heavy atom. The molecule has 0 saturated carbocycles. The molecule has 0 amide bonds. The number of hydrogen-bond acceptors (Lipinski definition) is 2. The van der Waals surface area contributed by atoms with Crippen LogP contribution in [0.4, 0.5) is 0 Å². The first-order valence-corrected chi connectivity index (χ1v) is 6.37. The van der Waals surface area contributed by atoms with E-state index in [2.05, 4.69) is 41.6 Å². The van der Waals surface area contributed by atoms with Crippen LogP contribution in [0.3, 0.4) is 0 Å². The van der Waals surface area contributed by atoms with Crippen molar-refractivity contribution in [2.24, 2.45) is 12.8 Å². The lowest BCUT2D eigenvalue weighted by Crippen LogP contribution is -2.07. The molecule has 3 heteroatoms. The van der Waals surface area contributed by atoms with Crippen molar-refractivity contribution in [2.75, 3.05) is 0 Å². The molecule has 1 heterocycles. The Morgan fingerprint density at radius 1 is 1.22 bits per heavy atom. The van der Waals surface area contributed by atoms with Crippen LogP contribution in [0.2, 0.25) is 0 Å². The lowest BCUT2D eigenvalue weighted by molar-refractivity contribution is 0.738. The molecule has 2 rings (SSSR count). The van der Waals surface area contributed by atoms with Gasteiger partial charge >= 0.3 is 0 Å². The van der Waals surface area contributed by atoms with Gasteiger partial charge in [-0.15, -0.1) is 0 Å². The number of hydrogen-bond donors (Lipinski definition) is 1. The Kier molecular flexibility index (Phi) is 3.82. The minimum Gasteiger partial charge on any atom is -0.334 e. The second-order valence-corrected chi connectivity index (χ2v) is 4.86. The first kappa shape index (κ1) is 12.8. The smallest absolute Gasteiger partial charge is 0.122 e. The van der Waals surface area contributed by atoms with Gasteiger partial charge in [-0.3, -0.25) is 0 Å². The Balaban J connectivity index is 2.11. The molecular formula is C15H21N3. The number of aromatic nitrogens is 2. The molecule has 96 valence electrons. The van der Waals surface area contributed by atoms with Crippen LogP contribution >= 0.6 is 0 Å². The summed E-state index contributed by atoms with van der Waals surface area (Å²) in [4.78, 5) is 4.32. The average molecular weight is 243 g/mol. The van der Waals surface area contributed by atoms with Gasteiger partial charge in [-0.1, -0.05) is 23.8 Å². The molecule has 0 saturated heterocycles. The van der Waals surface area contributed by atoms with Gasteiger partial charge < -0.3 is 10.3 Å². The molecule has 0 radical (unpaired) electrons. The van der Waals surface area contributed by atoms with E-state index < -0.39 is 0 Å². The molecule has 3 nitrogen and oxygen atoms in total. The third kappa shape index (κ3) is 2.62. The minimum absolute atomic E-state index is 0.500. The summed E-state index contributed by atoms with van der Waals surface area (Å²) in [7, 11) is 2.04. The molecule has 18 heavy (non-hydrogen) atoms. The topological polar surface area (TPSA) is 43.8 Å². The predicted octanol–water partition coefficient (Wildman–Crippen LogP) is 2.28. The number of imidazole rings is 1. The zero-order valence-electron chi connectivity index (χ0n) is 11.4. The molecule has 0 aliphatic carbocycles. The largest absolute Gasteiger partial charge is 0.334 e. The Morgan fingerprint density at radius 3 is 2.67 bits per heavy atom. The lowest BCUT2D eigenvalue weighted by atomic mass is 10.0. The maximum atomic E-state index is 5.63. The van der Waals surface area contributed by atoms with Gasteiger partial charge in [0.15, 0.2) is 0 Å².